The standard InChI is InChI=1S/C26H26ClN3O2S/c1-16-8-6-11-19(14-18-9-4-3-5-10-18)22(16)23-17(2)24(27)29-26(28-23)30-33-21-13-7-12-20(15-21)25(31)32/h6-8,11-15H,3-5,9-10H2,1-2H3,(H,31,32)(H,28,29,30). The van der Waals surface area contributed by atoms with Crippen molar-refractivity contribution in [1.82, 2.24) is 9.97 Å². The van der Waals surface area contributed by atoms with E-state index in [0.29, 0.717) is 11.1 Å². The molecule has 1 heterocycles. The lowest BCUT2D eigenvalue weighted by Crippen LogP contribution is -2.03. The van der Waals surface area contributed by atoms with Crippen LogP contribution in [0.15, 0.2) is 52.9 Å². The number of halogens is 1. The maximum atomic E-state index is 11.2. The molecule has 0 atom stereocenters. The minimum absolute atomic E-state index is 0.227. The van der Waals surface area contributed by atoms with Gasteiger partial charge in [-0.05, 0) is 80.8 Å². The average Bonchev–Trinajstić information content (AvgIpc) is 2.81. The zero-order valence-corrected chi connectivity index (χ0v) is 20.3. The number of rotatable bonds is 6. The normalized spacial score (nSPS) is 13.6. The van der Waals surface area contributed by atoms with Crippen LogP contribution >= 0.6 is 23.5 Å². The van der Waals surface area contributed by atoms with E-state index in [0.717, 1.165) is 45.7 Å². The Hall–Kier alpha value is -2.83. The molecule has 0 saturated heterocycles. The van der Waals surface area contributed by atoms with Gasteiger partial charge in [-0.3, -0.25) is 4.72 Å². The topological polar surface area (TPSA) is 75.1 Å². The van der Waals surface area contributed by atoms with Crippen LogP contribution in [0.5, 0.6) is 0 Å². The fourth-order valence-corrected chi connectivity index (χ4v) is 4.88. The number of aromatic nitrogens is 2. The van der Waals surface area contributed by atoms with Gasteiger partial charge in [0.05, 0.1) is 11.3 Å². The van der Waals surface area contributed by atoms with Crippen LogP contribution in [0.3, 0.4) is 0 Å². The third-order valence-electron chi connectivity index (χ3n) is 5.82. The van der Waals surface area contributed by atoms with Crippen LogP contribution in [0, 0.1) is 13.8 Å². The number of allylic oxidation sites excluding steroid dienone is 1. The number of aromatic carboxylic acids is 1. The fourth-order valence-electron chi connectivity index (χ4n) is 4.08. The van der Waals surface area contributed by atoms with Gasteiger partial charge in [0.1, 0.15) is 5.15 Å². The number of hydrogen-bond acceptors (Lipinski definition) is 5. The van der Waals surface area contributed by atoms with Gasteiger partial charge in [-0.25, -0.2) is 14.8 Å². The zero-order chi connectivity index (χ0) is 23.4. The first kappa shape index (κ1) is 23.3. The molecule has 2 N–H and O–H groups in total. The van der Waals surface area contributed by atoms with Crippen LogP contribution < -0.4 is 4.72 Å². The van der Waals surface area contributed by atoms with Crippen molar-refractivity contribution in [3.63, 3.8) is 0 Å². The van der Waals surface area contributed by atoms with Crippen molar-refractivity contribution in [1.29, 1.82) is 0 Å². The van der Waals surface area contributed by atoms with E-state index < -0.39 is 5.97 Å². The van der Waals surface area contributed by atoms with E-state index in [2.05, 4.69) is 40.9 Å². The molecule has 5 nitrogen and oxygen atoms in total. The van der Waals surface area contributed by atoms with Gasteiger partial charge in [0, 0.05) is 16.0 Å². The summed E-state index contributed by atoms with van der Waals surface area (Å²) >= 11 is 7.77. The second-order valence-electron chi connectivity index (χ2n) is 8.25. The Kier molecular flexibility index (Phi) is 7.36. The summed E-state index contributed by atoms with van der Waals surface area (Å²) in [5.74, 6) is -0.584. The molecule has 0 radical (unpaired) electrons. The van der Waals surface area contributed by atoms with Gasteiger partial charge < -0.3 is 5.11 Å². The number of carbonyl (C=O) groups is 1. The molecule has 0 amide bonds. The van der Waals surface area contributed by atoms with Crippen molar-refractivity contribution < 1.29 is 9.90 Å². The fraction of sp³-hybridized carbons (Fsp3) is 0.269. The minimum atomic E-state index is -0.964. The number of nitrogens with one attached hydrogen (secondary N) is 1. The number of aryl methyl sites for hydroxylation is 1. The second kappa shape index (κ2) is 10.4. The molecule has 1 fully saturated rings. The summed E-state index contributed by atoms with van der Waals surface area (Å²) < 4.78 is 3.13. The predicted molar refractivity (Wildman–Crippen MR) is 136 cm³/mol. The Morgan fingerprint density at radius 1 is 1.09 bits per heavy atom. The molecule has 2 aromatic carbocycles. The lowest BCUT2D eigenvalue weighted by molar-refractivity contribution is 0.0696. The lowest BCUT2D eigenvalue weighted by atomic mass is 9.90. The molecule has 1 aliphatic rings. The molecule has 0 spiro atoms. The Morgan fingerprint density at radius 2 is 1.85 bits per heavy atom. The lowest BCUT2D eigenvalue weighted by Gasteiger charge is -2.17. The molecule has 170 valence electrons. The van der Waals surface area contributed by atoms with Crippen LogP contribution in [-0.2, 0) is 0 Å². The van der Waals surface area contributed by atoms with Gasteiger partial charge in [-0.2, -0.15) is 0 Å². The number of carboxylic acids is 1. The maximum Gasteiger partial charge on any atom is 0.335 e. The van der Waals surface area contributed by atoms with E-state index in [4.69, 9.17) is 16.6 Å². The minimum Gasteiger partial charge on any atom is -0.478 e. The van der Waals surface area contributed by atoms with Crippen molar-refractivity contribution in [2.45, 2.75) is 50.8 Å². The highest BCUT2D eigenvalue weighted by Crippen LogP contribution is 2.35. The van der Waals surface area contributed by atoms with Crippen molar-refractivity contribution in [3.8, 4) is 11.3 Å². The summed E-state index contributed by atoms with van der Waals surface area (Å²) in [6.45, 7) is 4.03. The van der Waals surface area contributed by atoms with E-state index in [1.807, 2.05) is 13.0 Å². The summed E-state index contributed by atoms with van der Waals surface area (Å²) in [5.41, 5.74) is 6.70. The van der Waals surface area contributed by atoms with E-state index in [1.54, 1.807) is 18.2 Å². The quantitative estimate of drug-likeness (QED) is 0.280. The third-order valence-corrected chi connectivity index (χ3v) is 6.97. The van der Waals surface area contributed by atoms with Crippen LogP contribution in [0.2, 0.25) is 5.15 Å². The summed E-state index contributed by atoms with van der Waals surface area (Å²) in [7, 11) is 0. The molecular formula is C26H26ClN3O2S. The molecule has 0 bridgehead atoms. The van der Waals surface area contributed by atoms with Gasteiger partial charge >= 0.3 is 5.97 Å². The van der Waals surface area contributed by atoms with E-state index in [-0.39, 0.29) is 5.56 Å². The van der Waals surface area contributed by atoms with E-state index >= 15 is 0 Å². The van der Waals surface area contributed by atoms with Gasteiger partial charge in [-0.1, -0.05) is 53.9 Å². The van der Waals surface area contributed by atoms with Crippen LogP contribution in [0.4, 0.5) is 5.95 Å². The second-order valence-corrected chi connectivity index (χ2v) is 9.49. The van der Waals surface area contributed by atoms with Crippen LogP contribution in [0.25, 0.3) is 17.3 Å². The molecule has 33 heavy (non-hydrogen) atoms. The van der Waals surface area contributed by atoms with Crippen molar-refractivity contribution in [3.05, 3.63) is 75.4 Å². The highest BCUT2D eigenvalue weighted by molar-refractivity contribution is 8.00. The number of nitrogens with zero attached hydrogens (tertiary/aromatic N) is 2. The summed E-state index contributed by atoms with van der Waals surface area (Å²) in [5, 5.41) is 9.61. The van der Waals surface area contributed by atoms with Gasteiger partial charge in [0.25, 0.3) is 0 Å². The zero-order valence-electron chi connectivity index (χ0n) is 18.7. The number of carboxylic acid groups (broad SMARTS) is 1. The number of anilines is 1. The maximum absolute atomic E-state index is 11.2. The van der Waals surface area contributed by atoms with Crippen LogP contribution in [-0.4, -0.2) is 21.0 Å². The van der Waals surface area contributed by atoms with E-state index in [1.165, 1.54) is 36.8 Å². The Labute approximate surface area is 203 Å². The van der Waals surface area contributed by atoms with Gasteiger partial charge in [-0.15, -0.1) is 0 Å². The summed E-state index contributed by atoms with van der Waals surface area (Å²) in [4.78, 5) is 21.2. The van der Waals surface area contributed by atoms with Crippen molar-refractivity contribution >= 4 is 41.5 Å². The third kappa shape index (κ3) is 5.57. The average molecular weight is 480 g/mol. The molecule has 4 rings (SSSR count). The smallest absolute Gasteiger partial charge is 0.335 e. The Balaban J connectivity index is 1.68. The first-order chi connectivity index (χ1) is 15.9. The SMILES string of the molecule is Cc1cccc(C=C2CCCCC2)c1-c1nc(NSc2cccc(C(=O)O)c2)nc(Cl)c1C. The van der Waals surface area contributed by atoms with Gasteiger partial charge in [0.15, 0.2) is 0 Å². The monoisotopic (exact) mass is 479 g/mol. The molecule has 0 aliphatic heterocycles. The van der Waals surface area contributed by atoms with Crippen molar-refractivity contribution in [2.75, 3.05) is 4.72 Å². The largest absolute Gasteiger partial charge is 0.478 e. The van der Waals surface area contributed by atoms with Crippen molar-refractivity contribution in [2.24, 2.45) is 0 Å². The highest BCUT2D eigenvalue weighted by Gasteiger charge is 2.17. The molecular weight excluding hydrogens is 454 g/mol. The molecule has 1 aromatic heterocycles. The molecule has 1 saturated carbocycles. The number of benzene rings is 2. The number of hydrogen-bond donors (Lipinski definition) is 2. The van der Waals surface area contributed by atoms with Gasteiger partial charge in [0.2, 0.25) is 5.95 Å². The highest BCUT2D eigenvalue weighted by atomic mass is 35.5. The molecule has 3 aromatic rings. The molecule has 7 heteroatoms. The van der Waals surface area contributed by atoms with Crippen LogP contribution in [0.1, 0.15) is 59.2 Å². The van der Waals surface area contributed by atoms with E-state index in [9.17, 15) is 9.90 Å². The predicted octanol–water partition coefficient (Wildman–Crippen LogP) is 7.58. The first-order valence-electron chi connectivity index (χ1n) is 11.0. The molecule has 1 aliphatic carbocycles. The summed E-state index contributed by atoms with van der Waals surface area (Å²) in [6, 6.07) is 13.0. The Morgan fingerprint density at radius 3 is 2.61 bits per heavy atom. The summed E-state index contributed by atoms with van der Waals surface area (Å²) in [6.07, 6.45) is 8.42. The molecule has 0 unspecified atom stereocenters. The first-order valence-corrected chi connectivity index (χ1v) is 12.2. The Bertz CT molecular complexity index is 1220.